The Morgan fingerprint density at radius 1 is 1.44 bits per heavy atom. The zero-order valence-electron chi connectivity index (χ0n) is 10.7. The number of rotatable bonds is 2. The summed E-state index contributed by atoms with van der Waals surface area (Å²) in [6.07, 6.45) is 2.01. The fourth-order valence-corrected chi connectivity index (χ4v) is 2.51. The number of benzene rings is 1. The summed E-state index contributed by atoms with van der Waals surface area (Å²) in [5.41, 5.74) is 3.67. The van der Waals surface area contributed by atoms with E-state index in [0.717, 1.165) is 38.2 Å². The van der Waals surface area contributed by atoms with Crippen LogP contribution < -0.4 is 10.6 Å². The molecule has 1 fully saturated rings. The second kappa shape index (κ2) is 4.71. The molecule has 0 saturated carbocycles. The van der Waals surface area contributed by atoms with Gasteiger partial charge in [0.2, 0.25) is 5.91 Å². The van der Waals surface area contributed by atoms with Crippen LogP contribution in [0, 0.1) is 0 Å². The molecule has 2 aliphatic rings. The second-order valence-electron chi connectivity index (χ2n) is 5.26. The summed E-state index contributed by atoms with van der Waals surface area (Å²) in [5.74, 6) is 0.0918. The quantitative estimate of drug-likeness (QED) is 0.816. The number of anilines is 1. The van der Waals surface area contributed by atoms with Crippen LogP contribution in [0.1, 0.15) is 17.5 Å². The molecule has 18 heavy (non-hydrogen) atoms. The van der Waals surface area contributed by atoms with Crippen LogP contribution in [0.4, 0.5) is 5.69 Å². The van der Waals surface area contributed by atoms with Gasteiger partial charge in [-0.1, -0.05) is 6.07 Å². The minimum atomic E-state index is 0.00663. The molecule has 0 aromatic heterocycles. The van der Waals surface area contributed by atoms with E-state index in [4.69, 9.17) is 0 Å². The van der Waals surface area contributed by atoms with Crippen molar-refractivity contribution < 1.29 is 4.79 Å². The third kappa shape index (κ3) is 2.26. The van der Waals surface area contributed by atoms with Crippen molar-refractivity contribution in [3.63, 3.8) is 0 Å². The summed E-state index contributed by atoms with van der Waals surface area (Å²) in [5, 5.41) is 6.11. The molecule has 3 rings (SSSR count). The molecule has 1 amide bonds. The van der Waals surface area contributed by atoms with Gasteiger partial charge in [-0.25, -0.2) is 0 Å². The summed E-state index contributed by atoms with van der Waals surface area (Å²) in [6, 6.07) is 6.27. The lowest BCUT2D eigenvalue weighted by molar-refractivity contribution is -0.119. The molecule has 4 nitrogen and oxygen atoms in total. The molecule has 1 unspecified atom stereocenters. The van der Waals surface area contributed by atoms with Crippen molar-refractivity contribution in [2.75, 3.05) is 25.5 Å². The molecule has 0 radical (unpaired) electrons. The van der Waals surface area contributed by atoms with E-state index in [1.165, 1.54) is 11.1 Å². The van der Waals surface area contributed by atoms with Crippen LogP contribution in [-0.2, 0) is 17.8 Å². The summed E-state index contributed by atoms with van der Waals surface area (Å²) in [6.45, 7) is 3.05. The molecule has 0 aliphatic carbocycles. The zero-order chi connectivity index (χ0) is 12.5. The molecule has 0 bridgehead atoms. The number of nitrogens with one attached hydrogen (secondary N) is 2. The largest absolute Gasteiger partial charge is 0.325 e. The van der Waals surface area contributed by atoms with E-state index in [0.29, 0.717) is 0 Å². The van der Waals surface area contributed by atoms with E-state index >= 15 is 0 Å². The number of carbonyl (C=O) groups is 1. The Morgan fingerprint density at radius 2 is 2.28 bits per heavy atom. The number of hydrogen-bond acceptors (Lipinski definition) is 3. The Morgan fingerprint density at radius 3 is 3.00 bits per heavy atom. The Balaban J connectivity index is 1.71. The number of carbonyl (C=O) groups excluding carboxylic acids is 1. The third-order valence-corrected chi connectivity index (χ3v) is 3.82. The van der Waals surface area contributed by atoms with Crippen LogP contribution in [0.15, 0.2) is 18.2 Å². The Labute approximate surface area is 107 Å². The number of amides is 1. The maximum atomic E-state index is 11.8. The molecule has 96 valence electrons. The highest BCUT2D eigenvalue weighted by atomic mass is 16.2. The van der Waals surface area contributed by atoms with Crippen LogP contribution >= 0.6 is 0 Å². The third-order valence-electron chi connectivity index (χ3n) is 3.82. The standard InChI is InChI=1S/C14H19N3O/c1-17-7-5-10-8-12(3-2-11(10)9-17)16-14(18)13-4-6-15-13/h2-3,8,13,15H,4-7,9H2,1H3,(H,16,18). The molecule has 4 heteroatoms. The number of fused-ring (bicyclic) bond motifs is 1. The molecule has 1 aromatic carbocycles. The highest BCUT2D eigenvalue weighted by Crippen LogP contribution is 2.22. The normalized spacial score (nSPS) is 23.1. The lowest BCUT2D eigenvalue weighted by Crippen LogP contribution is -2.50. The number of nitrogens with zero attached hydrogens (tertiary/aromatic N) is 1. The number of likely N-dealkylation sites (N-methyl/N-ethyl adjacent to an activating group) is 1. The lowest BCUT2D eigenvalue weighted by atomic mass is 9.99. The summed E-state index contributed by atoms with van der Waals surface area (Å²) in [7, 11) is 2.14. The van der Waals surface area contributed by atoms with Crippen molar-refractivity contribution in [1.82, 2.24) is 10.2 Å². The summed E-state index contributed by atoms with van der Waals surface area (Å²) in [4.78, 5) is 14.2. The molecule has 1 saturated heterocycles. The van der Waals surface area contributed by atoms with Gasteiger partial charge >= 0.3 is 0 Å². The van der Waals surface area contributed by atoms with Gasteiger partial charge in [0.05, 0.1) is 6.04 Å². The minimum absolute atomic E-state index is 0.00663. The second-order valence-corrected chi connectivity index (χ2v) is 5.26. The van der Waals surface area contributed by atoms with Gasteiger partial charge in [0.25, 0.3) is 0 Å². The van der Waals surface area contributed by atoms with E-state index in [-0.39, 0.29) is 11.9 Å². The van der Waals surface area contributed by atoms with E-state index in [2.05, 4.69) is 34.7 Å². The van der Waals surface area contributed by atoms with E-state index < -0.39 is 0 Å². The van der Waals surface area contributed by atoms with Gasteiger partial charge in [-0.3, -0.25) is 4.79 Å². The highest BCUT2D eigenvalue weighted by molar-refractivity contribution is 5.95. The van der Waals surface area contributed by atoms with Gasteiger partial charge in [-0.2, -0.15) is 0 Å². The molecule has 1 atom stereocenters. The maximum Gasteiger partial charge on any atom is 0.241 e. The first kappa shape index (κ1) is 11.7. The Kier molecular flexibility index (Phi) is 3.06. The molecular weight excluding hydrogens is 226 g/mol. The molecule has 0 spiro atoms. The first-order valence-electron chi connectivity index (χ1n) is 6.57. The molecule has 2 aliphatic heterocycles. The average Bonchev–Trinajstić information content (AvgIpc) is 2.27. The van der Waals surface area contributed by atoms with Crippen molar-refractivity contribution in [3.05, 3.63) is 29.3 Å². The molecule has 2 heterocycles. The van der Waals surface area contributed by atoms with Gasteiger partial charge < -0.3 is 15.5 Å². The van der Waals surface area contributed by atoms with Crippen molar-refractivity contribution >= 4 is 11.6 Å². The smallest absolute Gasteiger partial charge is 0.241 e. The zero-order valence-corrected chi connectivity index (χ0v) is 10.7. The first-order chi connectivity index (χ1) is 8.72. The van der Waals surface area contributed by atoms with E-state index in [1.54, 1.807) is 0 Å². The fourth-order valence-electron chi connectivity index (χ4n) is 2.51. The lowest BCUT2D eigenvalue weighted by Gasteiger charge is -2.27. The van der Waals surface area contributed by atoms with Crippen molar-refractivity contribution in [1.29, 1.82) is 0 Å². The first-order valence-corrected chi connectivity index (χ1v) is 6.57. The molecule has 1 aromatic rings. The predicted molar refractivity (Wildman–Crippen MR) is 71.5 cm³/mol. The van der Waals surface area contributed by atoms with Crippen LogP contribution in [0.2, 0.25) is 0 Å². The molecular formula is C14H19N3O. The topological polar surface area (TPSA) is 44.4 Å². The summed E-state index contributed by atoms with van der Waals surface area (Å²) < 4.78 is 0. The van der Waals surface area contributed by atoms with Gasteiger partial charge in [0.15, 0.2) is 0 Å². The van der Waals surface area contributed by atoms with Crippen molar-refractivity contribution in [3.8, 4) is 0 Å². The van der Waals surface area contributed by atoms with E-state index in [1.807, 2.05) is 6.07 Å². The van der Waals surface area contributed by atoms with Gasteiger partial charge in [-0.05, 0) is 49.7 Å². The maximum absolute atomic E-state index is 11.8. The predicted octanol–water partition coefficient (Wildman–Crippen LogP) is 0.975. The van der Waals surface area contributed by atoms with E-state index in [9.17, 15) is 4.79 Å². The Hall–Kier alpha value is -1.39. The van der Waals surface area contributed by atoms with Gasteiger partial charge in [0, 0.05) is 18.8 Å². The monoisotopic (exact) mass is 245 g/mol. The molecule has 2 N–H and O–H groups in total. The van der Waals surface area contributed by atoms with Crippen molar-refractivity contribution in [2.45, 2.75) is 25.4 Å². The van der Waals surface area contributed by atoms with Gasteiger partial charge in [0.1, 0.15) is 0 Å². The SMILES string of the molecule is CN1CCc2cc(NC(=O)C3CCN3)ccc2C1. The van der Waals surface area contributed by atoms with Crippen LogP contribution in [0.25, 0.3) is 0 Å². The van der Waals surface area contributed by atoms with Crippen LogP contribution in [-0.4, -0.2) is 37.0 Å². The van der Waals surface area contributed by atoms with Gasteiger partial charge in [-0.15, -0.1) is 0 Å². The fraction of sp³-hybridized carbons (Fsp3) is 0.500. The Bertz CT molecular complexity index is 468. The number of hydrogen-bond donors (Lipinski definition) is 2. The summed E-state index contributed by atoms with van der Waals surface area (Å²) >= 11 is 0. The minimum Gasteiger partial charge on any atom is -0.325 e. The van der Waals surface area contributed by atoms with Crippen LogP contribution in [0.5, 0.6) is 0 Å². The average molecular weight is 245 g/mol. The van der Waals surface area contributed by atoms with Crippen molar-refractivity contribution in [2.24, 2.45) is 0 Å². The van der Waals surface area contributed by atoms with Crippen LogP contribution in [0.3, 0.4) is 0 Å². The highest BCUT2D eigenvalue weighted by Gasteiger charge is 2.24.